The zero-order valence-corrected chi connectivity index (χ0v) is 21.7. The Morgan fingerprint density at radius 1 is 1.12 bits per heavy atom. The van der Waals surface area contributed by atoms with Crippen LogP contribution in [0.1, 0.15) is 52.5 Å². The van der Waals surface area contributed by atoms with Gasteiger partial charge in [-0.25, -0.2) is 0 Å². The van der Waals surface area contributed by atoms with E-state index in [0.717, 1.165) is 19.3 Å². The van der Waals surface area contributed by atoms with Crippen LogP contribution in [0.5, 0.6) is 0 Å². The largest absolute Gasteiger partial charge is 0.414 e. The summed E-state index contributed by atoms with van der Waals surface area (Å²) >= 11 is 6.31. The lowest BCUT2D eigenvalue weighted by Gasteiger charge is -2.33. The third kappa shape index (κ3) is 9.02. The SMILES string of the molecule is CC[Si](CC)(CC)OC(CCI)CC/C(Br)=C/[C@H](C)Cc1ccccc1. The monoisotopic (exact) mass is 550 g/mol. The van der Waals surface area contributed by atoms with E-state index < -0.39 is 8.32 Å². The zero-order valence-electron chi connectivity index (χ0n) is 16.9. The Balaban J connectivity index is 2.58. The van der Waals surface area contributed by atoms with Crippen LogP contribution in [0.2, 0.25) is 18.1 Å². The van der Waals surface area contributed by atoms with Crippen molar-refractivity contribution in [3.05, 3.63) is 46.5 Å². The fraction of sp³-hybridized carbons (Fsp3) is 0.636. The van der Waals surface area contributed by atoms with Crippen LogP contribution < -0.4 is 0 Å². The predicted molar refractivity (Wildman–Crippen MR) is 131 cm³/mol. The molecule has 0 spiro atoms. The molecule has 0 saturated carbocycles. The zero-order chi connectivity index (χ0) is 19.4. The summed E-state index contributed by atoms with van der Waals surface area (Å²) in [6, 6.07) is 14.5. The highest BCUT2D eigenvalue weighted by Gasteiger charge is 2.31. The van der Waals surface area contributed by atoms with Gasteiger partial charge < -0.3 is 4.43 Å². The smallest absolute Gasteiger partial charge is 0.192 e. The van der Waals surface area contributed by atoms with E-state index in [0.29, 0.717) is 12.0 Å². The lowest BCUT2D eigenvalue weighted by molar-refractivity contribution is 0.175. The van der Waals surface area contributed by atoms with Gasteiger partial charge >= 0.3 is 0 Å². The van der Waals surface area contributed by atoms with Crippen LogP contribution in [0.3, 0.4) is 0 Å². The molecule has 4 heteroatoms. The van der Waals surface area contributed by atoms with Crippen molar-refractivity contribution in [1.82, 2.24) is 0 Å². The molecule has 0 aromatic heterocycles. The molecule has 0 radical (unpaired) electrons. The van der Waals surface area contributed by atoms with Gasteiger partial charge in [-0.1, -0.05) is 103 Å². The molecule has 1 nitrogen and oxygen atoms in total. The molecular formula is C22H36BrIOSi. The summed E-state index contributed by atoms with van der Waals surface area (Å²) in [6.07, 6.45) is 7.30. The van der Waals surface area contributed by atoms with Crippen molar-refractivity contribution in [1.29, 1.82) is 0 Å². The number of halogens is 2. The van der Waals surface area contributed by atoms with E-state index in [-0.39, 0.29) is 0 Å². The molecule has 1 rings (SSSR count). The van der Waals surface area contributed by atoms with Gasteiger partial charge in [-0.15, -0.1) is 0 Å². The van der Waals surface area contributed by atoms with Crippen molar-refractivity contribution >= 4 is 46.8 Å². The second kappa shape index (κ2) is 13.5. The molecule has 0 aliphatic heterocycles. The van der Waals surface area contributed by atoms with Crippen LogP contribution in [0, 0.1) is 5.92 Å². The van der Waals surface area contributed by atoms with Gasteiger partial charge in [0.05, 0.1) is 0 Å². The van der Waals surface area contributed by atoms with Crippen molar-refractivity contribution in [2.75, 3.05) is 4.43 Å². The van der Waals surface area contributed by atoms with E-state index in [2.05, 4.69) is 103 Å². The maximum Gasteiger partial charge on any atom is 0.192 e. The summed E-state index contributed by atoms with van der Waals surface area (Å²) in [5, 5.41) is 0. The highest BCUT2D eigenvalue weighted by Crippen LogP contribution is 2.28. The Bertz CT molecular complexity index is 508. The second-order valence-corrected chi connectivity index (χ2v) is 14.1. The van der Waals surface area contributed by atoms with Crippen LogP contribution in [-0.2, 0) is 10.8 Å². The number of benzene rings is 1. The molecule has 2 atom stereocenters. The Morgan fingerprint density at radius 2 is 1.73 bits per heavy atom. The van der Waals surface area contributed by atoms with E-state index in [1.807, 2.05) is 0 Å². The summed E-state index contributed by atoms with van der Waals surface area (Å²) in [5.41, 5.74) is 1.41. The summed E-state index contributed by atoms with van der Waals surface area (Å²) < 4.78 is 9.27. The number of hydrogen-bond acceptors (Lipinski definition) is 1. The third-order valence-electron chi connectivity index (χ3n) is 5.35. The first kappa shape index (κ1) is 24.4. The average Bonchev–Trinajstić information content (AvgIpc) is 2.65. The Hall–Kier alpha value is 0.347. The van der Waals surface area contributed by atoms with E-state index >= 15 is 0 Å². The lowest BCUT2D eigenvalue weighted by Crippen LogP contribution is -2.40. The summed E-state index contributed by atoms with van der Waals surface area (Å²) in [5.74, 6) is 0.547. The molecule has 0 heterocycles. The molecular weight excluding hydrogens is 515 g/mol. The topological polar surface area (TPSA) is 9.23 Å². The highest BCUT2D eigenvalue weighted by molar-refractivity contribution is 14.1. The Kier molecular flexibility index (Phi) is 12.7. The van der Waals surface area contributed by atoms with E-state index in [4.69, 9.17) is 4.43 Å². The second-order valence-electron chi connectivity index (χ2n) is 7.28. The van der Waals surface area contributed by atoms with E-state index in [1.165, 1.54) is 39.0 Å². The van der Waals surface area contributed by atoms with Gasteiger partial charge in [0.25, 0.3) is 0 Å². The minimum absolute atomic E-state index is 0.420. The molecule has 0 fully saturated rings. The van der Waals surface area contributed by atoms with E-state index in [9.17, 15) is 0 Å². The maximum absolute atomic E-state index is 6.76. The van der Waals surface area contributed by atoms with Crippen molar-refractivity contribution in [3.8, 4) is 0 Å². The van der Waals surface area contributed by atoms with Gasteiger partial charge in [0.15, 0.2) is 8.32 Å². The van der Waals surface area contributed by atoms with Gasteiger partial charge in [0, 0.05) is 10.5 Å². The first-order chi connectivity index (χ1) is 12.5. The molecule has 1 aromatic carbocycles. The molecule has 0 saturated heterocycles. The Labute approximate surface area is 184 Å². The van der Waals surface area contributed by atoms with Crippen molar-refractivity contribution < 1.29 is 4.43 Å². The fourth-order valence-electron chi connectivity index (χ4n) is 3.47. The summed E-state index contributed by atoms with van der Waals surface area (Å²) in [6.45, 7) is 9.26. The van der Waals surface area contributed by atoms with Crippen LogP contribution in [-0.4, -0.2) is 18.8 Å². The lowest BCUT2D eigenvalue weighted by atomic mass is 10.00. The van der Waals surface area contributed by atoms with Crippen LogP contribution in [0.4, 0.5) is 0 Å². The molecule has 0 bridgehead atoms. The molecule has 0 aliphatic rings. The quantitative estimate of drug-likeness (QED) is 0.137. The summed E-state index contributed by atoms with van der Waals surface area (Å²) in [7, 11) is -1.51. The third-order valence-corrected chi connectivity index (χ3v) is 11.3. The van der Waals surface area contributed by atoms with E-state index in [1.54, 1.807) is 0 Å². The fourth-order valence-corrected chi connectivity index (χ4v) is 7.79. The molecule has 148 valence electrons. The van der Waals surface area contributed by atoms with Crippen molar-refractivity contribution in [2.24, 2.45) is 5.92 Å². The number of alkyl halides is 1. The number of hydrogen-bond donors (Lipinski definition) is 0. The van der Waals surface area contributed by atoms with Crippen molar-refractivity contribution in [2.45, 2.75) is 77.6 Å². The summed E-state index contributed by atoms with van der Waals surface area (Å²) in [4.78, 5) is 0. The first-order valence-electron chi connectivity index (χ1n) is 10.1. The van der Waals surface area contributed by atoms with Gasteiger partial charge in [0.2, 0.25) is 0 Å². The molecule has 1 aromatic rings. The highest BCUT2D eigenvalue weighted by atomic mass is 127. The molecule has 1 unspecified atom stereocenters. The normalized spacial score (nSPS) is 15.1. The van der Waals surface area contributed by atoms with Crippen LogP contribution >= 0.6 is 38.5 Å². The van der Waals surface area contributed by atoms with Crippen molar-refractivity contribution in [3.63, 3.8) is 0 Å². The van der Waals surface area contributed by atoms with Crippen LogP contribution in [0.15, 0.2) is 40.9 Å². The average molecular weight is 551 g/mol. The molecule has 26 heavy (non-hydrogen) atoms. The van der Waals surface area contributed by atoms with Crippen LogP contribution in [0.25, 0.3) is 0 Å². The van der Waals surface area contributed by atoms with Gasteiger partial charge in [-0.3, -0.25) is 0 Å². The van der Waals surface area contributed by atoms with Gasteiger partial charge in [-0.2, -0.15) is 0 Å². The van der Waals surface area contributed by atoms with Gasteiger partial charge in [-0.05, 0) is 59.8 Å². The first-order valence-corrected chi connectivity index (χ1v) is 15.0. The Morgan fingerprint density at radius 3 is 2.27 bits per heavy atom. The molecule has 0 amide bonds. The number of allylic oxidation sites excluding steroid dienone is 2. The standard InChI is InChI=1S/C22H36BrIOSi/c1-5-26(6-2,7-3)25-22(15-16-24)14-13-21(23)18-19(4)17-20-11-9-8-10-12-20/h8-12,18-19,22H,5-7,13-17H2,1-4H3/b21-18-/t19-,22?/m1/s1. The minimum atomic E-state index is -1.51. The predicted octanol–water partition coefficient (Wildman–Crippen LogP) is 8.14. The molecule has 0 N–H and O–H groups in total. The maximum atomic E-state index is 6.76. The molecule has 0 aliphatic carbocycles. The van der Waals surface area contributed by atoms with Gasteiger partial charge in [0.1, 0.15) is 0 Å². The number of rotatable bonds is 13. The minimum Gasteiger partial charge on any atom is -0.414 e.